The molecular weight excluding hydrogens is 292 g/mol. The van der Waals surface area contributed by atoms with Crippen molar-refractivity contribution in [3.8, 4) is 0 Å². The molecule has 5 heteroatoms. The number of ether oxygens (including phenoxy) is 1. The first-order valence-corrected chi connectivity index (χ1v) is 8.42. The predicted molar refractivity (Wildman–Crippen MR) is 88.1 cm³/mol. The van der Waals surface area contributed by atoms with Gasteiger partial charge in [0.05, 0.1) is 12.6 Å². The van der Waals surface area contributed by atoms with Crippen molar-refractivity contribution in [2.75, 3.05) is 18.1 Å². The van der Waals surface area contributed by atoms with Gasteiger partial charge in [-0.15, -0.1) is 0 Å². The van der Waals surface area contributed by atoms with Crippen LogP contribution in [0, 0.1) is 5.92 Å². The average Bonchev–Trinajstić information content (AvgIpc) is 2.58. The highest BCUT2D eigenvalue weighted by Gasteiger charge is 2.38. The lowest BCUT2D eigenvalue weighted by Crippen LogP contribution is -2.64. The number of anilines is 1. The van der Waals surface area contributed by atoms with E-state index in [1.54, 1.807) is 4.90 Å². The lowest BCUT2D eigenvalue weighted by Gasteiger charge is -2.38. The van der Waals surface area contributed by atoms with Crippen molar-refractivity contribution < 1.29 is 14.3 Å². The molecule has 1 aliphatic carbocycles. The van der Waals surface area contributed by atoms with E-state index in [0.29, 0.717) is 12.5 Å². The highest BCUT2D eigenvalue weighted by molar-refractivity contribution is 6.05. The SMILES string of the molecule is CC1CCCCC1OCC(=O)NC1CN(c2ccccc2)C1=O. The van der Waals surface area contributed by atoms with Gasteiger partial charge in [-0.2, -0.15) is 0 Å². The van der Waals surface area contributed by atoms with E-state index in [-0.39, 0.29) is 24.5 Å². The maximum absolute atomic E-state index is 12.1. The summed E-state index contributed by atoms with van der Waals surface area (Å²) in [5, 5.41) is 2.77. The van der Waals surface area contributed by atoms with Crippen LogP contribution >= 0.6 is 0 Å². The molecule has 23 heavy (non-hydrogen) atoms. The summed E-state index contributed by atoms with van der Waals surface area (Å²) < 4.78 is 5.74. The van der Waals surface area contributed by atoms with E-state index in [2.05, 4.69) is 12.2 Å². The molecule has 3 atom stereocenters. The normalized spacial score (nSPS) is 27.4. The smallest absolute Gasteiger partial charge is 0.251 e. The molecule has 2 fully saturated rings. The molecule has 124 valence electrons. The lowest BCUT2D eigenvalue weighted by atomic mass is 9.88. The van der Waals surface area contributed by atoms with Gasteiger partial charge in [-0.3, -0.25) is 9.59 Å². The molecule has 1 aromatic rings. The number of carbonyl (C=O) groups is 2. The maximum atomic E-state index is 12.1. The maximum Gasteiger partial charge on any atom is 0.251 e. The molecule has 3 unspecified atom stereocenters. The summed E-state index contributed by atoms with van der Waals surface area (Å²) in [5.41, 5.74) is 0.871. The lowest BCUT2D eigenvalue weighted by molar-refractivity contribution is -0.135. The fourth-order valence-corrected chi connectivity index (χ4v) is 3.32. The summed E-state index contributed by atoms with van der Waals surface area (Å²) >= 11 is 0. The standard InChI is InChI=1S/C18H24N2O3/c1-13-7-5-6-10-16(13)23-12-17(21)19-15-11-20(18(15)22)14-8-3-2-4-9-14/h2-4,8-9,13,15-16H,5-7,10-12H2,1H3,(H,19,21). The number of nitrogens with one attached hydrogen (secondary N) is 1. The number of benzene rings is 1. The summed E-state index contributed by atoms with van der Waals surface area (Å²) in [6.07, 6.45) is 4.79. The molecule has 1 heterocycles. The Labute approximate surface area is 137 Å². The summed E-state index contributed by atoms with van der Waals surface area (Å²) in [4.78, 5) is 25.8. The van der Waals surface area contributed by atoms with Crippen LogP contribution in [-0.2, 0) is 14.3 Å². The molecule has 1 N–H and O–H groups in total. The molecule has 0 radical (unpaired) electrons. The van der Waals surface area contributed by atoms with Crippen molar-refractivity contribution in [3.63, 3.8) is 0 Å². The molecule has 5 nitrogen and oxygen atoms in total. The van der Waals surface area contributed by atoms with E-state index in [1.165, 1.54) is 19.3 Å². The van der Waals surface area contributed by atoms with Crippen molar-refractivity contribution in [1.29, 1.82) is 0 Å². The number of nitrogens with zero attached hydrogens (tertiary/aromatic N) is 1. The van der Waals surface area contributed by atoms with Crippen LogP contribution in [0.4, 0.5) is 5.69 Å². The van der Waals surface area contributed by atoms with Gasteiger partial charge in [0, 0.05) is 5.69 Å². The van der Waals surface area contributed by atoms with Crippen LogP contribution in [0.2, 0.25) is 0 Å². The second-order valence-corrected chi connectivity index (χ2v) is 6.52. The average molecular weight is 316 g/mol. The third kappa shape index (κ3) is 3.72. The predicted octanol–water partition coefficient (Wildman–Crippen LogP) is 2.11. The van der Waals surface area contributed by atoms with E-state index in [1.807, 2.05) is 30.3 Å². The van der Waals surface area contributed by atoms with Gasteiger partial charge in [-0.05, 0) is 30.9 Å². The van der Waals surface area contributed by atoms with Crippen molar-refractivity contribution in [2.45, 2.75) is 44.8 Å². The number of hydrogen-bond acceptors (Lipinski definition) is 3. The molecule has 0 aromatic heterocycles. The Morgan fingerprint density at radius 2 is 2.00 bits per heavy atom. The molecule has 1 aliphatic heterocycles. The fraction of sp³-hybridized carbons (Fsp3) is 0.556. The second-order valence-electron chi connectivity index (χ2n) is 6.52. The van der Waals surface area contributed by atoms with Crippen LogP contribution in [0.15, 0.2) is 30.3 Å². The number of β-lactam (4-membered cyclic amide) rings is 1. The minimum absolute atomic E-state index is 0.0458. The zero-order chi connectivity index (χ0) is 16.2. The van der Waals surface area contributed by atoms with Gasteiger partial charge >= 0.3 is 0 Å². The Bertz CT molecular complexity index is 561. The van der Waals surface area contributed by atoms with Crippen molar-refractivity contribution in [2.24, 2.45) is 5.92 Å². The number of para-hydroxylation sites is 1. The van der Waals surface area contributed by atoms with Crippen LogP contribution in [-0.4, -0.2) is 37.1 Å². The Hall–Kier alpha value is -1.88. The van der Waals surface area contributed by atoms with E-state index < -0.39 is 6.04 Å². The number of amides is 2. The summed E-state index contributed by atoms with van der Waals surface area (Å²) in [6.45, 7) is 2.74. The Kier molecular flexibility index (Phi) is 4.96. The zero-order valence-electron chi connectivity index (χ0n) is 13.5. The monoisotopic (exact) mass is 316 g/mol. The topological polar surface area (TPSA) is 58.6 Å². The number of carbonyl (C=O) groups excluding carboxylic acids is 2. The van der Waals surface area contributed by atoms with Crippen LogP contribution in [0.3, 0.4) is 0 Å². The first-order valence-electron chi connectivity index (χ1n) is 8.42. The molecular formula is C18H24N2O3. The van der Waals surface area contributed by atoms with E-state index in [4.69, 9.17) is 4.74 Å². The largest absolute Gasteiger partial charge is 0.368 e. The third-order valence-corrected chi connectivity index (χ3v) is 4.79. The number of rotatable bonds is 5. The van der Waals surface area contributed by atoms with Gasteiger partial charge < -0.3 is 15.0 Å². The van der Waals surface area contributed by atoms with Crippen LogP contribution < -0.4 is 10.2 Å². The second kappa shape index (κ2) is 7.13. The third-order valence-electron chi connectivity index (χ3n) is 4.79. The quantitative estimate of drug-likeness (QED) is 0.847. The highest BCUT2D eigenvalue weighted by atomic mass is 16.5. The Morgan fingerprint density at radius 3 is 2.70 bits per heavy atom. The molecule has 1 aromatic carbocycles. The number of hydrogen-bond donors (Lipinski definition) is 1. The van der Waals surface area contributed by atoms with Gasteiger partial charge in [0.25, 0.3) is 5.91 Å². The molecule has 2 aliphatic rings. The van der Waals surface area contributed by atoms with Crippen LogP contribution in [0.25, 0.3) is 0 Å². The zero-order valence-corrected chi connectivity index (χ0v) is 13.5. The first-order chi connectivity index (χ1) is 11.1. The molecule has 3 rings (SSSR count). The molecule has 2 amide bonds. The van der Waals surface area contributed by atoms with Gasteiger partial charge in [-0.1, -0.05) is 38.0 Å². The molecule has 1 saturated heterocycles. The molecule has 1 saturated carbocycles. The summed E-state index contributed by atoms with van der Waals surface area (Å²) in [7, 11) is 0. The highest BCUT2D eigenvalue weighted by Crippen LogP contribution is 2.26. The fourth-order valence-electron chi connectivity index (χ4n) is 3.32. The van der Waals surface area contributed by atoms with Crippen molar-refractivity contribution in [3.05, 3.63) is 30.3 Å². The van der Waals surface area contributed by atoms with Crippen LogP contribution in [0.1, 0.15) is 32.6 Å². The van der Waals surface area contributed by atoms with E-state index in [9.17, 15) is 9.59 Å². The van der Waals surface area contributed by atoms with Crippen LogP contribution in [0.5, 0.6) is 0 Å². The Balaban J connectivity index is 1.42. The van der Waals surface area contributed by atoms with Gasteiger partial charge in [-0.25, -0.2) is 0 Å². The summed E-state index contributed by atoms with van der Waals surface area (Å²) in [6, 6.07) is 9.07. The summed E-state index contributed by atoms with van der Waals surface area (Å²) in [5.74, 6) is 0.250. The van der Waals surface area contributed by atoms with Gasteiger partial charge in [0.2, 0.25) is 5.91 Å². The van der Waals surface area contributed by atoms with Gasteiger partial charge in [0.1, 0.15) is 12.6 Å². The molecule has 0 bridgehead atoms. The first kappa shape index (κ1) is 16.0. The molecule has 0 spiro atoms. The minimum Gasteiger partial charge on any atom is -0.368 e. The Morgan fingerprint density at radius 1 is 1.26 bits per heavy atom. The van der Waals surface area contributed by atoms with Crippen molar-refractivity contribution >= 4 is 17.5 Å². The van der Waals surface area contributed by atoms with E-state index >= 15 is 0 Å². The van der Waals surface area contributed by atoms with Crippen molar-refractivity contribution in [1.82, 2.24) is 5.32 Å². The van der Waals surface area contributed by atoms with E-state index in [0.717, 1.165) is 12.1 Å². The minimum atomic E-state index is -0.421. The van der Waals surface area contributed by atoms with Gasteiger partial charge in [0.15, 0.2) is 0 Å².